The predicted octanol–water partition coefficient (Wildman–Crippen LogP) is 5.17. The Bertz CT molecular complexity index is 1450. The van der Waals surface area contributed by atoms with Gasteiger partial charge in [0.2, 0.25) is 0 Å². The zero-order valence-corrected chi connectivity index (χ0v) is 23.7. The second-order valence-electron chi connectivity index (χ2n) is 9.68. The number of Topliss-reactive ketones (excluding diaryl/α,β-unsaturated/α-hetero) is 1. The smallest absolute Gasteiger partial charge is 0.184 e. The van der Waals surface area contributed by atoms with Crippen molar-refractivity contribution in [3.63, 3.8) is 0 Å². The maximum Gasteiger partial charge on any atom is 0.184 e. The topological polar surface area (TPSA) is 101 Å². The molecule has 0 saturated heterocycles. The number of nitrogens with one attached hydrogen (secondary N) is 1. The lowest BCUT2D eigenvalue weighted by Crippen LogP contribution is -2.24. The van der Waals surface area contributed by atoms with Crippen LogP contribution in [0.4, 0.5) is 27.4 Å². The van der Waals surface area contributed by atoms with E-state index in [0.29, 0.717) is 54.0 Å². The highest BCUT2D eigenvalue weighted by molar-refractivity contribution is 6.02. The summed E-state index contributed by atoms with van der Waals surface area (Å²) in [5.74, 6) is 2.22. The third-order valence-corrected chi connectivity index (χ3v) is 6.36. The Hall–Kier alpha value is -4.38. The van der Waals surface area contributed by atoms with Crippen molar-refractivity contribution in [2.75, 3.05) is 38.0 Å². The van der Waals surface area contributed by atoms with Crippen molar-refractivity contribution in [3.05, 3.63) is 66.2 Å². The first-order valence-corrected chi connectivity index (χ1v) is 13.0. The SMILES string of the molecule is CCC(=O)c1cnc(Nc2ccc(CN(C)CC(C)F)cn2)cc1N(C)c1cccc(-c2ncn(C)n2)c1OC. The summed E-state index contributed by atoms with van der Waals surface area (Å²) >= 11 is 0. The van der Waals surface area contributed by atoms with Crippen LogP contribution in [0.3, 0.4) is 0 Å². The zero-order valence-electron chi connectivity index (χ0n) is 23.7. The highest BCUT2D eigenvalue weighted by Gasteiger charge is 2.22. The van der Waals surface area contributed by atoms with Crippen LogP contribution in [0.1, 0.15) is 36.2 Å². The van der Waals surface area contributed by atoms with E-state index in [-0.39, 0.29) is 5.78 Å². The fourth-order valence-corrected chi connectivity index (χ4v) is 4.50. The first kappa shape index (κ1) is 28.6. The van der Waals surface area contributed by atoms with Gasteiger partial charge in [0.05, 0.1) is 29.6 Å². The number of carbonyl (C=O) groups is 1. The van der Waals surface area contributed by atoms with Crippen molar-refractivity contribution in [2.45, 2.75) is 33.0 Å². The Morgan fingerprint density at radius 2 is 1.88 bits per heavy atom. The number of para-hydroxylation sites is 1. The molecule has 1 aromatic carbocycles. The average molecular weight is 547 g/mol. The van der Waals surface area contributed by atoms with Crippen LogP contribution in [-0.2, 0) is 13.6 Å². The van der Waals surface area contributed by atoms with Crippen molar-refractivity contribution in [1.82, 2.24) is 29.6 Å². The predicted molar refractivity (Wildman–Crippen MR) is 154 cm³/mol. The van der Waals surface area contributed by atoms with Crippen LogP contribution in [0, 0.1) is 0 Å². The molecule has 1 unspecified atom stereocenters. The van der Waals surface area contributed by atoms with E-state index >= 15 is 0 Å². The molecule has 0 fully saturated rings. The number of nitrogens with zero attached hydrogens (tertiary/aromatic N) is 7. The van der Waals surface area contributed by atoms with Gasteiger partial charge in [-0.15, -0.1) is 0 Å². The number of pyridine rings is 2. The number of rotatable bonds is 12. The number of alkyl halides is 1. The summed E-state index contributed by atoms with van der Waals surface area (Å²) in [7, 11) is 7.16. The van der Waals surface area contributed by atoms with Crippen molar-refractivity contribution < 1.29 is 13.9 Å². The molecule has 10 nitrogen and oxygen atoms in total. The minimum atomic E-state index is -0.894. The van der Waals surface area contributed by atoms with Gasteiger partial charge < -0.3 is 15.0 Å². The summed E-state index contributed by atoms with van der Waals surface area (Å²) in [5.41, 5.74) is 3.60. The van der Waals surface area contributed by atoms with E-state index in [1.54, 1.807) is 44.5 Å². The molecule has 1 atom stereocenters. The summed E-state index contributed by atoms with van der Waals surface area (Å²) in [4.78, 5) is 30.1. The van der Waals surface area contributed by atoms with Gasteiger partial charge in [0.15, 0.2) is 17.4 Å². The van der Waals surface area contributed by atoms with Gasteiger partial charge in [-0.25, -0.2) is 19.3 Å². The van der Waals surface area contributed by atoms with E-state index < -0.39 is 6.17 Å². The highest BCUT2D eigenvalue weighted by Crippen LogP contribution is 2.40. The van der Waals surface area contributed by atoms with Crippen molar-refractivity contribution >= 4 is 28.8 Å². The number of hydrogen-bond donors (Lipinski definition) is 1. The largest absolute Gasteiger partial charge is 0.494 e. The number of halogens is 1. The van der Waals surface area contributed by atoms with E-state index in [2.05, 4.69) is 25.4 Å². The van der Waals surface area contributed by atoms with E-state index in [1.165, 1.54) is 0 Å². The molecule has 0 radical (unpaired) electrons. The third kappa shape index (κ3) is 6.60. The fourth-order valence-electron chi connectivity index (χ4n) is 4.50. The molecule has 210 valence electrons. The quantitative estimate of drug-likeness (QED) is 0.241. The molecule has 0 aliphatic heterocycles. The molecule has 4 aromatic rings. The molecular formula is C29H35FN8O2. The summed E-state index contributed by atoms with van der Waals surface area (Å²) in [5, 5.41) is 7.65. The van der Waals surface area contributed by atoms with Gasteiger partial charge in [-0.1, -0.05) is 19.1 Å². The van der Waals surface area contributed by atoms with Crippen LogP contribution in [0.25, 0.3) is 11.4 Å². The lowest BCUT2D eigenvalue weighted by molar-refractivity contribution is 0.0988. The number of methoxy groups -OCH3 is 1. The number of ether oxygens (including phenoxy) is 1. The summed E-state index contributed by atoms with van der Waals surface area (Å²) < 4.78 is 20.7. The molecule has 11 heteroatoms. The number of ketones is 1. The second kappa shape index (κ2) is 12.6. The van der Waals surface area contributed by atoms with Gasteiger partial charge in [0.1, 0.15) is 24.1 Å². The van der Waals surface area contributed by atoms with Crippen molar-refractivity contribution in [1.29, 1.82) is 0 Å². The standard InChI is InChI=1S/C29H35FN8O2/c1-7-25(39)22-15-32-27(34-26-12-11-20(14-31-26)17-36(3)16-19(2)30)13-24(22)38(5)23-10-8-9-21(28(23)40-6)29-33-18-37(4)35-29/h8-15,18-19H,7,16-17H2,1-6H3,(H,31,32,34). The number of anilines is 4. The maximum atomic E-state index is 13.3. The molecular weight excluding hydrogens is 511 g/mol. The molecule has 0 bridgehead atoms. The van der Waals surface area contributed by atoms with Crippen LogP contribution in [-0.4, -0.2) is 69.3 Å². The van der Waals surface area contributed by atoms with Crippen LogP contribution < -0.4 is 15.0 Å². The van der Waals surface area contributed by atoms with Crippen LogP contribution >= 0.6 is 0 Å². The zero-order chi connectivity index (χ0) is 28.8. The van der Waals surface area contributed by atoms with Gasteiger partial charge in [0, 0.05) is 52.1 Å². The fraction of sp³-hybridized carbons (Fsp3) is 0.345. The summed E-state index contributed by atoms with van der Waals surface area (Å²) in [6.45, 7) is 4.32. The molecule has 0 saturated carbocycles. The maximum absolute atomic E-state index is 13.3. The third-order valence-electron chi connectivity index (χ3n) is 6.36. The van der Waals surface area contributed by atoms with Gasteiger partial charge in [-0.05, 0) is 37.7 Å². The molecule has 0 aliphatic rings. The van der Waals surface area contributed by atoms with E-state index in [9.17, 15) is 9.18 Å². The summed E-state index contributed by atoms with van der Waals surface area (Å²) in [6.07, 6.45) is 4.41. The molecule has 0 spiro atoms. The Morgan fingerprint density at radius 3 is 2.50 bits per heavy atom. The van der Waals surface area contributed by atoms with E-state index in [1.807, 2.05) is 67.2 Å². The number of carbonyl (C=O) groups excluding carboxylic acids is 1. The normalized spacial score (nSPS) is 11.9. The lowest BCUT2D eigenvalue weighted by Gasteiger charge is -2.25. The Labute approximate surface area is 233 Å². The monoisotopic (exact) mass is 546 g/mol. The van der Waals surface area contributed by atoms with Crippen molar-refractivity contribution in [2.24, 2.45) is 7.05 Å². The molecule has 4 rings (SSSR count). The molecule has 0 amide bonds. The Kier molecular flexibility index (Phi) is 9.05. The average Bonchev–Trinajstić information content (AvgIpc) is 3.38. The number of aromatic nitrogens is 5. The van der Waals surface area contributed by atoms with E-state index in [4.69, 9.17) is 4.74 Å². The molecule has 40 heavy (non-hydrogen) atoms. The van der Waals surface area contributed by atoms with Crippen LogP contribution in [0.5, 0.6) is 5.75 Å². The molecule has 3 aromatic heterocycles. The minimum absolute atomic E-state index is 0.0309. The Morgan fingerprint density at radius 1 is 1.10 bits per heavy atom. The number of hydrogen-bond acceptors (Lipinski definition) is 9. The molecule has 1 N–H and O–H groups in total. The first-order valence-electron chi connectivity index (χ1n) is 13.0. The minimum Gasteiger partial charge on any atom is -0.494 e. The van der Waals surface area contributed by atoms with Crippen LogP contribution in [0.15, 0.2) is 55.1 Å². The molecule has 3 heterocycles. The summed E-state index contributed by atoms with van der Waals surface area (Å²) in [6, 6.07) is 11.3. The Balaban J connectivity index is 1.65. The van der Waals surface area contributed by atoms with Gasteiger partial charge in [-0.3, -0.25) is 14.4 Å². The van der Waals surface area contributed by atoms with Crippen molar-refractivity contribution in [3.8, 4) is 17.1 Å². The van der Waals surface area contributed by atoms with Gasteiger partial charge in [0.25, 0.3) is 0 Å². The number of benzene rings is 1. The lowest BCUT2D eigenvalue weighted by atomic mass is 10.1. The van der Waals surface area contributed by atoms with Gasteiger partial charge >= 0.3 is 0 Å². The van der Waals surface area contributed by atoms with Gasteiger partial charge in [-0.2, -0.15) is 5.10 Å². The molecule has 0 aliphatic carbocycles. The second-order valence-corrected chi connectivity index (χ2v) is 9.68. The highest BCUT2D eigenvalue weighted by atomic mass is 19.1. The number of aryl methyl sites for hydroxylation is 1. The first-order chi connectivity index (χ1) is 19.2. The van der Waals surface area contributed by atoms with E-state index in [0.717, 1.165) is 16.8 Å². The van der Waals surface area contributed by atoms with Crippen LogP contribution in [0.2, 0.25) is 0 Å².